The number of unbranched alkanes of at least 4 members (excludes halogenated alkanes) is 23. The molecule has 9 heteroatoms. The summed E-state index contributed by atoms with van der Waals surface area (Å²) >= 11 is 0. The summed E-state index contributed by atoms with van der Waals surface area (Å²) < 4.78 is 33.5. The van der Waals surface area contributed by atoms with Gasteiger partial charge in [0.05, 0.1) is 19.8 Å². The van der Waals surface area contributed by atoms with Gasteiger partial charge in [-0.2, -0.15) is 0 Å². The lowest BCUT2D eigenvalue weighted by atomic mass is 10.1. The summed E-state index contributed by atoms with van der Waals surface area (Å²) in [4.78, 5) is 22.5. The largest absolute Gasteiger partial charge is 0.472 e. The monoisotopic (exact) mass is 810 g/mol. The minimum absolute atomic E-state index is 0.0963. The first-order valence-corrected chi connectivity index (χ1v) is 24.6. The summed E-state index contributed by atoms with van der Waals surface area (Å²) in [5, 5.41) is 0. The van der Waals surface area contributed by atoms with Gasteiger partial charge < -0.3 is 20.1 Å². The standard InChI is InChI=1S/C47H88NO7P/c1-3-5-7-9-11-13-15-17-19-21-23-24-26-28-30-32-34-36-38-40-47(49)55-46(45-54-56(50,51)53-43-41-48)44-52-42-39-37-35-33-31-29-27-25-22-20-18-16-14-12-10-8-6-4-2/h11,13,17-20,23-24,46H,3-10,12,14-16,21-22,25-45,48H2,1-2H3,(H,50,51)/b13-11-,19-17-,20-18-,24-23-. The number of carbonyl (C=O) groups is 1. The topological polar surface area (TPSA) is 117 Å². The predicted octanol–water partition coefficient (Wildman–Crippen LogP) is 14.0. The van der Waals surface area contributed by atoms with Crippen molar-refractivity contribution in [2.45, 2.75) is 213 Å². The van der Waals surface area contributed by atoms with E-state index in [2.05, 4.69) is 62.5 Å². The lowest BCUT2D eigenvalue weighted by molar-refractivity contribution is -0.154. The molecule has 2 unspecified atom stereocenters. The van der Waals surface area contributed by atoms with Gasteiger partial charge in [0.25, 0.3) is 0 Å². The smallest absolute Gasteiger partial charge is 0.457 e. The van der Waals surface area contributed by atoms with Crippen molar-refractivity contribution in [3.8, 4) is 0 Å². The van der Waals surface area contributed by atoms with Crippen LogP contribution in [0.1, 0.15) is 206 Å². The molecule has 0 saturated heterocycles. The number of rotatable bonds is 44. The van der Waals surface area contributed by atoms with Gasteiger partial charge in [-0.25, -0.2) is 4.57 Å². The van der Waals surface area contributed by atoms with Crippen LogP contribution in [0.15, 0.2) is 48.6 Å². The number of ether oxygens (including phenoxy) is 2. The van der Waals surface area contributed by atoms with Crippen LogP contribution in [-0.2, 0) is 27.9 Å². The van der Waals surface area contributed by atoms with Gasteiger partial charge in [-0.3, -0.25) is 13.8 Å². The molecule has 0 heterocycles. The molecule has 0 spiro atoms. The Kier molecular flexibility index (Phi) is 43.3. The van der Waals surface area contributed by atoms with E-state index >= 15 is 0 Å². The van der Waals surface area contributed by atoms with Crippen molar-refractivity contribution >= 4 is 13.8 Å². The van der Waals surface area contributed by atoms with Gasteiger partial charge in [0.2, 0.25) is 0 Å². The summed E-state index contributed by atoms with van der Waals surface area (Å²) in [5.41, 5.74) is 5.38. The van der Waals surface area contributed by atoms with Gasteiger partial charge in [-0.1, -0.05) is 172 Å². The molecule has 0 aliphatic carbocycles. The van der Waals surface area contributed by atoms with E-state index in [0.29, 0.717) is 13.0 Å². The molecule has 328 valence electrons. The first kappa shape index (κ1) is 54.5. The molecule has 0 fully saturated rings. The SMILES string of the molecule is CCCCC/C=C\C/C=C\C/C=C\CCCCCCCCC(=O)OC(COCCCCCCCCCC/C=C\CCCCCCCC)COP(=O)(O)OCCN. The summed E-state index contributed by atoms with van der Waals surface area (Å²) in [7, 11) is -4.28. The number of nitrogens with two attached hydrogens (primary N) is 1. The van der Waals surface area contributed by atoms with Crippen LogP contribution >= 0.6 is 7.82 Å². The number of hydrogen-bond acceptors (Lipinski definition) is 7. The van der Waals surface area contributed by atoms with Crippen LogP contribution in [0.3, 0.4) is 0 Å². The van der Waals surface area contributed by atoms with Crippen LogP contribution in [0, 0.1) is 0 Å². The summed E-state index contributed by atoms with van der Waals surface area (Å²) in [5.74, 6) is -0.343. The van der Waals surface area contributed by atoms with Crippen molar-refractivity contribution in [1.82, 2.24) is 0 Å². The van der Waals surface area contributed by atoms with E-state index in [-0.39, 0.29) is 32.3 Å². The third-order valence-electron chi connectivity index (χ3n) is 9.72. The van der Waals surface area contributed by atoms with E-state index in [1.807, 2.05) is 0 Å². The van der Waals surface area contributed by atoms with E-state index in [9.17, 15) is 14.3 Å². The minimum Gasteiger partial charge on any atom is -0.457 e. The highest BCUT2D eigenvalue weighted by Gasteiger charge is 2.25. The highest BCUT2D eigenvalue weighted by Crippen LogP contribution is 2.43. The molecule has 0 aliphatic rings. The molecule has 0 aromatic carbocycles. The van der Waals surface area contributed by atoms with Crippen LogP contribution in [0.5, 0.6) is 0 Å². The molecule has 8 nitrogen and oxygen atoms in total. The van der Waals surface area contributed by atoms with E-state index in [1.165, 1.54) is 128 Å². The Morgan fingerprint density at radius 2 is 0.946 bits per heavy atom. The Balaban J connectivity index is 4.04. The number of phosphoric acid groups is 1. The molecule has 56 heavy (non-hydrogen) atoms. The maximum atomic E-state index is 12.6. The molecule has 0 saturated carbocycles. The van der Waals surface area contributed by atoms with Crippen LogP contribution in [0.25, 0.3) is 0 Å². The molecule has 3 N–H and O–H groups in total. The van der Waals surface area contributed by atoms with Crippen molar-refractivity contribution in [2.24, 2.45) is 5.73 Å². The lowest BCUT2D eigenvalue weighted by Gasteiger charge is -2.20. The quantitative estimate of drug-likeness (QED) is 0.0270. The Morgan fingerprint density at radius 3 is 1.46 bits per heavy atom. The molecule has 0 amide bonds. The first-order valence-electron chi connectivity index (χ1n) is 23.1. The van der Waals surface area contributed by atoms with Crippen molar-refractivity contribution < 1.29 is 32.8 Å². The highest BCUT2D eigenvalue weighted by atomic mass is 31.2. The summed E-state index contributed by atoms with van der Waals surface area (Å²) in [6, 6.07) is 0. The molecular weight excluding hydrogens is 721 g/mol. The third kappa shape index (κ3) is 43.6. The maximum Gasteiger partial charge on any atom is 0.472 e. The van der Waals surface area contributed by atoms with Gasteiger partial charge in [-0.05, 0) is 77.0 Å². The summed E-state index contributed by atoms with van der Waals surface area (Å²) in [6.07, 6.45) is 52.7. The average molecular weight is 810 g/mol. The minimum atomic E-state index is -4.28. The Bertz CT molecular complexity index is 999. The van der Waals surface area contributed by atoms with Gasteiger partial charge in [0, 0.05) is 19.6 Å². The second kappa shape index (κ2) is 44.6. The van der Waals surface area contributed by atoms with Crippen molar-refractivity contribution in [2.75, 3.05) is 33.0 Å². The molecule has 0 aromatic rings. The zero-order valence-electron chi connectivity index (χ0n) is 36.4. The number of esters is 1. The van der Waals surface area contributed by atoms with Crippen LogP contribution in [0.2, 0.25) is 0 Å². The fraction of sp³-hybridized carbons (Fsp3) is 0.809. The Labute approximate surface area is 345 Å². The van der Waals surface area contributed by atoms with Gasteiger partial charge in [0.15, 0.2) is 0 Å². The predicted molar refractivity (Wildman–Crippen MR) is 238 cm³/mol. The molecule has 0 rings (SSSR count). The van der Waals surface area contributed by atoms with E-state index < -0.39 is 13.9 Å². The molecule has 0 bridgehead atoms. The second-order valence-electron chi connectivity index (χ2n) is 15.3. The molecule has 0 radical (unpaired) electrons. The number of hydrogen-bond donors (Lipinski definition) is 2. The second-order valence-corrected chi connectivity index (χ2v) is 16.7. The van der Waals surface area contributed by atoms with Crippen LogP contribution < -0.4 is 5.73 Å². The van der Waals surface area contributed by atoms with Crippen molar-refractivity contribution in [1.29, 1.82) is 0 Å². The fourth-order valence-electron chi connectivity index (χ4n) is 6.29. The van der Waals surface area contributed by atoms with Crippen molar-refractivity contribution in [3.63, 3.8) is 0 Å². The van der Waals surface area contributed by atoms with E-state index in [4.69, 9.17) is 24.3 Å². The Hall–Kier alpha value is -1.54. The number of allylic oxidation sites excluding steroid dienone is 8. The zero-order chi connectivity index (χ0) is 40.9. The van der Waals surface area contributed by atoms with Gasteiger partial charge in [-0.15, -0.1) is 0 Å². The fourth-order valence-corrected chi connectivity index (χ4v) is 7.06. The van der Waals surface area contributed by atoms with Crippen LogP contribution in [-0.4, -0.2) is 49.9 Å². The zero-order valence-corrected chi connectivity index (χ0v) is 37.3. The summed E-state index contributed by atoms with van der Waals surface area (Å²) in [6.45, 7) is 4.88. The third-order valence-corrected chi connectivity index (χ3v) is 10.7. The number of carbonyl (C=O) groups excluding carboxylic acids is 1. The normalized spacial score (nSPS) is 13.9. The van der Waals surface area contributed by atoms with Gasteiger partial charge >= 0.3 is 13.8 Å². The molecular formula is C47H88NO7P. The Morgan fingerprint density at radius 1 is 0.536 bits per heavy atom. The van der Waals surface area contributed by atoms with Gasteiger partial charge in [0.1, 0.15) is 6.10 Å². The lowest BCUT2D eigenvalue weighted by Crippen LogP contribution is -2.28. The van der Waals surface area contributed by atoms with Crippen LogP contribution in [0.4, 0.5) is 0 Å². The first-order chi connectivity index (χ1) is 27.4. The van der Waals surface area contributed by atoms with E-state index in [1.54, 1.807) is 0 Å². The van der Waals surface area contributed by atoms with E-state index in [0.717, 1.165) is 57.8 Å². The molecule has 2 atom stereocenters. The average Bonchev–Trinajstić information content (AvgIpc) is 3.19. The van der Waals surface area contributed by atoms with Crippen molar-refractivity contribution in [3.05, 3.63) is 48.6 Å². The molecule has 0 aromatic heterocycles. The molecule has 0 aliphatic heterocycles. The number of phosphoric ester groups is 1. The highest BCUT2D eigenvalue weighted by molar-refractivity contribution is 7.47. The maximum absolute atomic E-state index is 12.6.